The number of hydrogen-bond acceptors (Lipinski definition) is 3. The quantitative estimate of drug-likeness (QED) is 0.620. The molecule has 0 aromatic heterocycles. The first kappa shape index (κ1) is 17.4. The molecule has 108 valence electrons. The Labute approximate surface area is 112 Å². The maximum Gasteiger partial charge on any atom is 0.237 e. The van der Waals surface area contributed by atoms with Crippen molar-refractivity contribution < 1.29 is 9.90 Å². The molecule has 0 heterocycles. The lowest BCUT2D eigenvalue weighted by Gasteiger charge is -2.32. The first-order valence-electron chi connectivity index (χ1n) is 7.06. The normalized spacial score (nSPS) is 13.7. The van der Waals surface area contributed by atoms with E-state index in [2.05, 4.69) is 12.2 Å². The molecule has 0 aromatic rings. The van der Waals surface area contributed by atoms with Crippen molar-refractivity contribution in [2.45, 2.75) is 65.5 Å². The molecular weight excluding hydrogens is 228 g/mol. The third kappa shape index (κ3) is 7.67. The van der Waals surface area contributed by atoms with Gasteiger partial charge in [0.2, 0.25) is 5.91 Å². The van der Waals surface area contributed by atoms with Gasteiger partial charge in [0.25, 0.3) is 0 Å². The lowest BCUT2D eigenvalue weighted by molar-refractivity contribution is -0.126. The summed E-state index contributed by atoms with van der Waals surface area (Å²) in [5, 5.41) is 12.8. The van der Waals surface area contributed by atoms with Gasteiger partial charge in [0.15, 0.2) is 0 Å². The summed E-state index contributed by atoms with van der Waals surface area (Å²) in [5.74, 6) is 0.0530. The molecule has 1 amide bonds. The van der Waals surface area contributed by atoms with Crippen LogP contribution in [0.5, 0.6) is 0 Å². The van der Waals surface area contributed by atoms with Gasteiger partial charge in [-0.05, 0) is 33.7 Å². The molecule has 0 aliphatic heterocycles. The fourth-order valence-corrected chi connectivity index (χ4v) is 1.92. The zero-order chi connectivity index (χ0) is 14.2. The summed E-state index contributed by atoms with van der Waals surface area (Å²) in [6, 6.07) is -0.192. The van der Waals surface area contributed by atoms with E-state index in [4.69, 9.17) is 0 Å². The molecule has 18 heavy (non-hydrogen) atoms. The van der Waals surface area contributed by atoms with Crippen LogP contribution in [-0.4, -0.2) is 47.2 Å². The minimum atomic E-state index is -0.771. The van der Waals surface area contributed by atoms with Gasteiger partial charge in [0.05, 0.1) is 11.6 Å². The fourth-order valence-electron chi connectivity index (χ4n) is 1.92. The minimum absolute atomic E-state index is 0.0530. The van der Waals surface area contributed by atoms with E-state index in [-0.39, 0.29) is 11.9 Å². The van der Waals surface area contributed by atoms with Crippen LogP contribution in [0.1, 0.15) is 53.9 Å². The Hall–Kier alpha value is -0.610. The second-order valence-electron chi connectivity index (χ2n) is 5.55. The van der Waals surface area contributed by atoms with E-state index in [1.807, 2.05) is 18.7 Å². The number of nitrogens with zero attached hydrogens (tertiary/aromatic N) is 1. The second kappa shape index (κ2) is 8.48. The fraction of sp³-hybridized carbons (Fsp3) is 0.929. The number of aliphatic hydroxyl groups is 1. The van der Waals surface area contributed by atoms with Crippen LogP contribution in [0.3, 0.4) is 0 Å². The van der Waals surface area contributed by atoms with Crippen LogP contribution < -0.4 is 5.32 Å². The van der Waals surface area contributed by atoms with Crippen LogP contribution in [-0.2, 0) is 4.79 Å². The summed E-state index contributed by atoms with van der Waals surface area (Å²) < 4.78 is 0. The van der Waals surface area contributed by atoms with Crippen LogP contribution in [0.2, 0.25) is 0 Å². The molecular formula is C14H30N2O2. The molecule has 0 saturated heterocycles. The van der Waals surface area contributed by atoms with Crippen LogP contribution in [0, 0.1) is 0 Å². The molecule has 0 bridgehead atoms. The highest BCUT2D eigenvalue weighted by Gasteiger charge is 2.25. The smallest absolute Gasteiger partial charge is 0.237 e. The summed E-state index contributed by atoms with van der Waals surface area (Å²) >= 11 is 0. The zero-order valence-corrected chi connectivity index (χ0v) is 12.6. The molecule has 4 heteroatoms. The van der Waals surface area contributed by atoms with E-state index in [1.165, 1.54) is 0 Å². The Bertz CT molecular complexity index is 236. The second-order valence-corrected chi connectivity index (χ2v) is 5.55. The molecule has 1 atom stereocenters. The lowest BCUT2D eigenvalue weighted by atomic mass is 10.1. The summed E-state index contributed by atoms with van der Waals surface area (Å²) in [7, 11) is 0. The van der Waals surface area contributed by atoms with Crippen molar-refractivity contribution in [2.24, 2.45) is 0 Å². The van der Waals surface area contributed by atoms with E-state index in [0.29, 0.717) is 6.54 Å². The van der Waals surface area contributed by atoms with Gasteiger partial charge < -0.3 is 10.4 Å². The van der Waals surface area contributed by atoms with Crippen molar-refractivity contribution in [3.8, 4) is 0 Å². The van der Waals surface area contributed by atoms with Crippen molar-refractivity contribution in [2.75, 3.05) is 19.6 Å². The van der Waals surface area contributed by atoms with Gasteiger partial charge in [0, 0.05) is 13.1 Å². The molecule has 4 nitrogen and oxygen atoms in total. The van der Waals surface area contributed by atoms with Gasteiger partial charge in [0.1, 0.15) is 0 Å². The standard InChI is InChI=1S/C14H30N2O2/c1-6-8-9-10-15-13(17)12(3)16(7-2)11-14(4,5)18/h12,18H,6-11H2,1-5H3,(H,15,17). The molecule has 0 aliphatic rings. The van der Waals surface area contributed by atoms with Crippen LogP contribution in [0.15, 0.2) is 0 Å². The van der Waals surface area contributed by atoms with Gasteiger partial charge >= 0.3 is 0 Å². The number of nitrogens with one attached hydrogen (secondary N) is 1. The molecule has 0 fully saturated rings. The van der Waals surface area contributed by atoms with Gasteiger partial charge in [-0.1, -0.05) is 26.7 Å². The number of rotatable bonds is 9. The Balaban J connectivity index is 4.15. The largest absolute Gasteiger partial charge is 0.389 e. The molecule has 0 saturated carbocycles. The van der Waals surface area contributed by atoms with Gasteiger partial charge in [-0.3, -0.25) is 9.69 Å². The number of carbonyl (C=O) groups is 1. The maximum absolute atomic E-state index is 12.0. The third-order valence-corrected chi connectivity index (χ3v) is 3.00. The number of amides is 1. The predicted molar refractivity (Wildman–Crippen MR) is 75.5 cm³/mol. The van der Waals surface area contributed by atoms with Gasteiger partial charge in [-0.15, -0.1) is 0 Å². The molecule has 2 N–H and O–H groups in total. The monoisotopic (exact) mass is 258 g/mol. The molecule has 0 aliphatic carbocycles. The molecule has 0 aromatic carbocycles. The van der Waals surface area contributed by atoms with Gasteiger partial charge in [-0.2, -0.15) is 0 Å². The minimum Gasteiger partial charge on any atom is -0.389 e. The van der Waals surface area contributed by atoms with Gasteiger partial charge in [-0.25, -0.2) is 0 Å². The Kier molecular flexibility index (Phi) is 8.20. The van der Waals surface area contributed by atoms with Crippen LogP contribution in [0.25, 0.3) is 0 Å². The maximum atomic E-state index is 12.0. The third-order valence-electron chi connectivity index (χ3n) is 3.00. The molecule has 0 spiro atoms. The Morgan fingerprint density at radius 1 is 1.33 bits per heavy atom. The van der Waals surface area contributed by atoms with Crippen LogP contribution >= 0.6 is 0 Å². The summed E-state index contributed by atoms with van der Waals surface area (Å²) in [6.07, 6.45) is 3.34. The highest BCUT2D eigenvalue weighted by molar-refractivity contribution is 5.81. The van der Waals surface area contributed by atoms with Crippen molar-refractivity contribution in [3.05, 3.63) is 0 Å². The lowest BCUT2D eigenvalue weighted by Crippen LogP contribution is -2.50. The first-order valence-corrected chi connectivity index (χ1v) is 7.06. The van der Waals surface area contributed by atoms with Crippen molar-refractivity contribution in [3.63, 3.8) is 0 Å². The predicted octanol–water partition coefficient (Wildman–Crippen LogP) is 1.77. The molecule has 0 rings (SSSR count). The van der Waals surface area contributed by atoms with Crippen LogP contribution in [0.4, 0.5) is 0 Å². The average molecular weight is 258 g/mol. The van der Waals surface area contributed by atoms with E-state index < -0.39 is 5.60 Å². The van der Waals surface area contributed by atoms with E-state index in [0.717, 1.165) is 32.4 Å². The SMILES string of the molecule is CCCCCNC(=O)C(C)N(CC)CC(C)(C)O. The molecule has 0 radical (unpaired) electrons. The highest BCUT2D eigenvalue weighted by Crippen LogP contribution is 2.08. The van der Waals surface area contributed by atoms with E-state index in [1.54, 1.807) is 13.8 Å². The Morgan fingerprint density at radius 3 is 2.39 bits per heavy atom. The van der Waals surface area contributed by atoms with Crippen molar-refractivity contribution in [1.82, 2.24) is 10.2 Å². The highest BCUT2D eigenvalue weighted by atomic mass is 16.3. The summed E-state index contributed by atoms with van der Waals surface area (Å²) in [6.45, 7) is 11.6. The van der Waals surface area contributed by atoms with E-state index >= 15 is 0 Å². The number of carbonyl (C=O) groups excluding carboxylic acids is 1. The zero-order valence-electron chi connectivity index (χ0n) is 12.6. The first-order chi connectivity index (χ1) is 8.31. The summed E-state index contributed by atoms with van der Waals surface area (Å²) in [5.41, 5.74) is -0.771. The topological polar surface area (TPSA) is 52.6 Å². The molecule has 1 unspecified atom stereocenters. The van der Waals surface area contributed by atoms with Crippen molar-refractivity contribution in [1.29, 1.82) is 0 Å². The average Bonchev–Trinajstić information content (AvgIpc) is 2.29. The van der Waals surface area contributed by atoms with E-state index in [9.17, 15) is 9.90 Å². The Morgan fingerprint density at radius 2 is 1.94 bits per heavy atom. The summed E-state index contributed by atoms with van der Waals surface area (Å²) in [4.78, 5) is 14.0. The number of likely N-dealkylation sites (N-methyl/N-ethyl adjacent to an activating group) is 1. The number of hydrogen-bond donors (Lipinski definition) is 2. The number of unbranched alkanes of at least 4 members (excludes halogenated alkanes) is 2. The van der Waals surface area contributed by atoms with Crippen molar-refractivity contribution >= 4 is 5.91 Å².